The number of carbonyl (C=O) groups is 1. The van der Waals surface area contributed by atoms with Crippen LogP contribution in [0.25, 0.3) is 0 Å². The van der Waals surface area contributed by atoms with Crippen LogP contribution in [-0.2, 0) is 5.33 Å². The van der Waals surface area contributed by atoms with E-state index in [1.54, 1.807) is 13.0 Å². The Kier molecular flexibility index (Phi) is 3.58. The van der Waals surface area contributed by atoms with Crippen molar-refractivity contribution >= 4 is 27.5 Å². The van der Waals surface area contributed by atoms with Gasteiger partial charge in [0, 0.05) is 17.1 Å². The topological polar surface area (TPSA) is 55.1 Å². The number of hydrogen-bond acceptors (Lipinski definition) is 3. The van der Waals surface area contributed by atoms with E-state index in [0.29, 0.717) is 5.76 Å². The Balaban J connectivity index is 2.07. The van der Waals surface area contributed by atoms with Crippen LogP contribution in [-0.4, -0.2) is 11.1 Å². The largest absolute Gasteiger partial charge is 0.361 e. The maximum absolute atomic E-state index is 11.7. The Morgan fingerprint density at radius 3 is 2.65 bits per heavy atom. The molecule has 1 N–H and O–H groups in total. The van der Waals surface area contributed by atoms with Crippen LogP contribution >= 0.6 is 15.9 Å². The standard InChI is InChI=1S/C12H11BrN2O2/c1-8-6-11(15-17-8)12(16)14-10-4-2-9(7-13)3-5-10/h2-6H,7H2,1H3,(H,14,16). The fourth-order valence-corrected chi connectivity index (χ4v) is 1.72. The molecule has 0 saturated carbocycles. The molecule has 0 aliphatic rings. The molecule has 4 nitrogen and oxygen atoms in total. The zero-order valence-corrected chi connectivity index (χ0v) is 10.8. The van der Waals surface area contributed by atoms with Gasteiger partial charge in [0.2, 0.25) is 0 Å². The van der Waals surface area contributed by atoms with Gasteiger partial charge in [-0.25, -0.2) is 0 Å². The molecule has 0 atom stereocenters. The van der Waals surface area contributed by atoms with Gasteiger partial charge in [-0.3, -0.25) is 4.79 Å². The highest BCUT2D eigenvalue weighted by Crippen LogP contribution is 2.13. The van der Waals surface area contributed by atoms with Crippen LogP contribution in [0, 0.1) is 6.92 Å². The first-order chi connectivity index (χ1) is 8.19. The Morgan fingerprint density at radius 1 is 1.41 bits per heavy atom. The lowest BCUT2D eigenvalue weighted by Gasteiger charge is -2.03. The molecule has 88 valence electrons. The lowest BCUT2D eigenvalue weighted by atomic mass is 10.2. The number of nitrogens with one attached hydrogen (secondary N) is 1. The molecule has 0 aliphatic heterocycles. The monoisotopic (exact) mass is 294 g/mol. The van der Waals surface area contributed by atoms with Crippen LogP contribution in [0.15, 0.2) is 34.9 Å². The lowest BCUT2D eigenvalue weighted by molar-refractivity contribution is 0.101. The Hall–Kier alpha value is -1.62. The van der Waals surface area contributed by atoms with Crippen molar-refractivity contribution in [3.8, 4) is 0 Å². The molecule has 2 rings (SSSR count). The Labute approximate surface area is 107 Å². The van der Waals surface area contributed by atoms with E-state index in [2.05, 4.69) is 26.4 Å². The van der Waals surface area contributed by atoms with Gasteiger partial charge in [0.25, 0.3) is 5.91 Å². The fourth-order valence-electron chi connectivity index (χ4n) is 1.35. The van der Waals surface area contributed by atoms with E-state index in [-0.39, 0.29) is 11.6 Å². The van der Waals surface area contributed by atoms with Gasteiger partial charge in [0.15, 0.2) is 5.69 Å². The average Bonchev–Trinajstić information content (AvgIpc) is 2.77. The summed E-state index contributed by atoms with van der Waals surface area (Å²) < 4.78 is 4.84. The maximum atomic E-state index is 11.7. The normalized spacial score (nSPS) is 10.2. The van der Waals surface area contributed by atoms with Crippen LogP contribution in [0.1, 0.15) is 21.8 Å². The minimum Gasteiger partial charge on any atom is -0.361 e. The summed E-state index contributed by atoms with van der Waals surface area (Å²) in [4.78, 5) is 11.7. The first kappa shape index (κ1) is 11.9. The molecule has 0 bridgehead atoms. The van der Waals surface area contributed by atoms with Crippen molar-refractivity contribution in [3.63, 3.8) is 0 Å². The first-order valence-electron chi connectivity index (χ1n) is 5.08. The van der Waals surface area contributed by atoms with E-state index < -0.39 is 0 Å². The van der Waals surface area contributed by atoms with Gasteiger partial charge in [-0.2, -0.15) is 0 Å². The smallest absolute Gasteiger partial charge is 0.277 e. The van der Waals surface area contributed by atoms with Gasteiger partial charge in [-0.05, 0) is 24.6 Å². The summed E-state index contributed by atoms with van der Waals surface area (Å²) in [6.45, 7) is 1.74. The highest BCUT2D eigenvalue weighted by Gasteiger charge is 2.10. The quantitative estimate of drug-likeness (QED) is 0.885. The molecule has 0 aliphatic carbocycles. The van der Waals surface area contributed by atoms with Crippen molar-refractivity contribution in [2.75, 3.05) is 5.32 Å². The van der Waals surface area contributed by atoms with Gasteiger partial charge >= 0.3 is 0 Å². The van der Waals surface area contributed by atoms with Crippen molar-refractivity contribution < 1.29 is 9.32 Å². The van der Waals surface area contributed by atoms with Crippen LogP contribution in [0.5, 0.6) is 0 Å². The van der Waals surface area contributed by atoms with E-state index in [4.69, 9.17) is 4.52 Å². The number of aryl methyl sites for hydroxylation is 1. The van der Waals surface area contributed by atoms with E-state index in [1.807, 2.05) is 24.3 Å². The van der Waals surface area contributed by atoms with Gasteiger partial charge in [0.1, 0.15) is 5.76 Å². The van der Waals surface area contributed by atoms with Crippen LogP contribution in [0.3, 0.4) is 0 Å². The molecule has 17 heavy (non-hydrogen) atoms. The highest BCUT2D eigenvalue weighted by molar-refractivity contribution is 9.08. The highest BCUT2D eigenvalue weighted by atomic mass is 79.9. The van der Waals surface area contributed by atoms with Crippen LogP contribution < -0.4 is 5.32 Å². The third-order valence-electron chi connectivity index (χ3n) is 2.23. The molecular formula is C12H11BrN2O2. The van der Waals surface area contributed by atoms with E-state index in [0.717, 1.165) is 16.6 Å². The number of benzene rings is 1. The summed E-state index contributed by atoms with van der Waals surface area (Å²) in [6, 6.07) is 9.18. The van der Waals surface area contributed by atoms with E-state index >= 15 is 0 Å². The summed E-state index contributed by atoms with van der Waals surface area (Å²) in [5, 5.41) is 7.19. The van der Waals surface area contributed by atoms with E-state index in [1.165, 1.54) is 0 Å². The molecule has 0 spiro atoms. The summed E-state index contributed by atoms with van der Waals surface area (Å²) in [7, 11) is 0. The predicted octanol–water partition coefficient (Wildman–Crippen LogP) is 3.13. The average molecular weight is 295 g/mol. The second-order valence-corrected chi connectivity index (χ2v) is 4.17. The molecule has 0 fully saturated rings. The first-order valence-corrected chi connectivity index (χ1v) is 6.21. The molecule has 1 amide bonds. The molecule has 1 aromatic carbocycles. The van der Waals surface area contributed by atoms with Gasteiger partial charge in [0.05, 0.1) is 0 Å². The number of hydrogen-bond donors (Lipinski definition) is 1. The van der Waals surface area contributed by atoms with Gasteiger partial charge < -0.3 is 9.84 Å². The molecule has 5 heteroatoms. The zero-order valence-electron chi connectivity index (χ0n) is 9.24. The van der Waals surface area contributed by atoms with Crippen molar-refractivity contribution in [1.29, 1.82) is 0 Å². The number of alkyl halides is 1. The minimum absolute atomic E-state index is 0.270. The maximum Gasteiger partial charge on any atom is 0.277 e. The van der Waals surface area contributed by atoms with Crippen LogP contribution in [0.4, 0.5) is 5.69 Å². The third-order valence-corrected chi connectivity index (χ3v) is 2.87. The fraction of sp³-hybridized carbons (Fsp3) is 0.167. The van der Waals surface area contributed by atoms with Crippen molar-refractivity contribution in [1.82, 2.24) is 5.16 Å². The van der Waals surface area contributed by atoms with Crippen molar-refractivity contribution in [2.45, 2.75) is 12.3 Å². The van der Waals surface area contributed by atoms with Crippen molar-refractivity contribution in [2.24, 2.45) is 0 Å². The zero-order chi connectivity index (χ0) is 12.3. The summed E-state index contributed by atoms with van der Waals surface area (Å²) in [5.74, 6) is 0.346. The molecular weight excluding hydrogens is 284 g/mol. The second-order valence-electron chi connectivity index (χ2n) is 3.61. The number of nitrogens with zero attached hydrogens (tertiary/aromatic N) is 1. The number of rotatable bonds is 3. The van der Waals surface area contributed by atoms with Gasteiger partial charge in [-0.15, -0.1) is 0 Å². The molecule has 1 aromatic heterocycles. The Morgan fingerprint density at radius 2 is 2.12 bits per heavy atom. The Bertz CT molecular complexity index is 520. The van der Waals surface area contributed by atoms with Crippen molar-refractivity contribution in [3.05, 3.63) is 47.3 Å². The SMILES string of the molecule is Cc1cc(C(=O)Nc2ccc(CBr)cc2)no1. The lowest BCUT2D eigenvalue weighted by Crippen LogP contribution is -2.12. The second kappa shape index (κ2) is 5.14. The van der Waals surface area contributed by atoms with Gasteiger partial charge in [-0.1, -0.05) is 33.2 Å². The molecule has 0 unspecified atom stereocenters. The number of carbonyl (C=O) groups excluding carboxylic acids is 1. The van der Waals surface area contributed by atoms with Crippen LogP contribution in [0.2, 0.25) is 0 Å². The number of amides is 1. The third kappa shape index (κ3) is 2.94. The molecule has 0 saturated heterocycles. The minimum atomic E-state index is -0.270. The molecule has 0 radical (unpaired) electrons. The van der Waals surface area contributed by atoms with E-state index in [9.17, 15) is 4.79 Å². The number of anilines is 1. The molecule has 1 heterocycles. The summed E-state index contributed by atoms with van der Waals surface area (Å²) in [5.41, 5.74) is 2.17. The number of aromatic nitrogens is 1. The molecule has 2 aromatic rings. The number of halogens is 1. The summed E-state index contributed by atoms with van der Waals surface area (Å²) >= 11 is 3.36. The predicted molar refractivity (Wildman–Crippen MR) is 68.3 cm³/mol. The summed E-state index contributed by atoms with van der Waals surface area (Å²) in [6.07, 6.45) is 0.